The predicted molar refractivity (Wildman–Crippen MR) is 58.4 cm³/mol. The van der Waals surface area contributed by atoms with Crippen molar-refractivity contribution >= 4 is 0 Å². The molecule has 2 aliphatic heterocycles. The maximum atomic E-state index is 2.80. The molecule has 2 saturated heterocycles. The molecule has 0 aromatic carbocycles. The standard InChI is InChI=1S/C12H22N2/c1-3-9(2)13-7-12-6-11(13)8-14(12)10-4-5-10/h9-12H,3-8H2,1-2H3/t9?,11-,12-/m1/s1. The lowest BCUT2D eigenvalue weighted by Crippen LogP contribution is -2.50. The minimum atomic E-state index is 0.811. The van der Waals surface area contributed by atoms with E-state index in [4.69, 9.17) is 0 Å². The average Bonchev–Trinajstić information content (AvgIpc) is 2.87. The second-order valence-electron chi connectivity index (χ2n) is 5.43. The molecule has 1 saturated carbocycles. The zero-order valence-electron chi connectivity index (χ0n) is 9.45. The first-order valence-corrected chi connectivity index (χ1v) is 6.31. The third-order valence-electron chi connectivity index (χ3n) is 4.50. The topological polar surface area (TPSA) is 6.48 Å². The number of fused-ring (bicyclic) bond motifs is 2. The molecule has 0 amide bonds. The lowest BCUT2D eigenvalue weighted by Gasteiger charge is -2.37. The number of likely N-dealkylation sites (tertiary alicyclic amines) is 2. The Kier molecular flexibility index (Phi) is 2.10. The summed E-state index contributed by atoms with van der Waals surface area (Å²) in [5.41, 5.74) is 0. The van der Waals surface area contributed by atoms with Crippen LogP contribution in [0.3, 0.4) is 0 Å². The van der Waals surface area contributed by atoms with Crippen LogP contribution in [0.25, 0.3) is 0 Å². The fraction of sp³-hybridized carbons (Fsp3) is 1.00. The van der Waals surface area contributed by atoms with Gasteiger partial charge in [0.25, 0.3) is 0 Å². The minimum Gasteiger partial charge on any atom is -0.295 e. The smallest absolute Gasteiger partial charge is 0.0242 e. The molecule has 1 aliphatic carbocycles. The van der Waals surface area contributed by atoms with Crippen molar-refractivity contribution in [3.63, 3.8) is 0 Å². The van der Waals surface area contributed by atoms with Crippen LogP contribution in [-0.4, -0.2) is 47.1 Å². The highest BCUT2D eigenvalue weighted by molar-refractivity contribution is 5.05. The Balaban J connectivity index is 1.64. The van der Waals surface area contributed by atoms with E-state index in [0.29, 0.717) is 0 Å². The van der Waals surface area contributed by atoms with Gasteiger partial charge in [0.2, 0.25) is 0 Å². The van der Waals surface area contributed by atoms with Gasteiger partial charge in [-0.15, -0.1) is 0 Å². The molecule has 2 bridgehead atoms. The predicted octanol–water partition coefficient (Wildman–Crippen LogP) is 1.71. The van der Waals surface area contributed by atoms with Gasteiger partial charge in [-0.25, -0.2) is 0 Å². The van der Waals surface area contributed by atoms with Crippen molar-refractivity contribution in [3.8, 4) is 0 Å². The second kappa shape index (κ2) is 3.21. The molecule has 0 N–H and O–H groups in total. The van der Waals surface area contributed by atoms with Crippen LogP contribution in [0.4, 0.5) is 0 Å². The lowest BCUT2D eigenvalue weighted by molar-refractivity contribution is 0.0920. The summed E-state index contributed by atoms with van der Waals surface area (Å²) >= 11 is 0. The van der Waals surface area contributed by atoms with Crippen LogP contribution in [-0.2, 0) is 0 Å². The summed E-state index contributed by atoms with van der Waals surface area (Å²) in [4.78, 5) is 5.55. The summed E-state index contributed by atoms with van der Waals surface area (Å²) in [6.45, 7) is 7.44. The van der Waals surface area contributed by atoms with Gasteiger partial charge in [-0.1, -0.05) is 6.92 Å². The molecule has 2 heteroatoms. The van der Waals surface area contributed by atoms with Crippen molar-refractivity contribution in [1.29, 1.82) is 0 Å². The Bertz CT molecular complexity index is 224. The molecular weight excluding hydrogens is 172 g/mol. The molecule has 3 rings (SSSR count). The Morgan fingerprint density at radius 3 is 2.43 bits per heavy atom. The maximum Gasteiger partial charge on any atom is 0.0242 e. The van der Waals surface area contributed by atoms with Crippen molar-refractivity contribution in [3.05, 3.63) is 0 Å². The molecule has 0 aromatic heterocycles. The van der Waals surface area contributed by atoms with Crippen molar-refractivity contribution in [2.75, 3.05) is 13.1 Å². The number of piperazine rings is 1. The Hall–Kier alpha value is -0.0800. The lowest BCUT2D eigenvalue weighted by atomic mass is 10.2. The maximum absolute atomic E-state index is 2.80. The summed E-state index contributed by atoms with van der Waals surface area (Å²) in [6.07, 6.45) is 5.73. The van der Waals surface area contributed by atoms with Gasteiger partial charge >= 0.3 is 0 Å². The Labute approximate surface area is 87.3 Å². The molecule has 14 heavy (non-hydrogen) atoms. The molecule has 2 heterocycles. The summed E-state index contributed by atoms with van der Waals surface area (Å²) in [6, 6.07) is 3.62. The van der Waals surface area contributed by atoms with E-state index in [0.717, 1.165) is 24.2 Å². The van der Waals surface area contributed by atoms with Crippen molar-refractivity contribution < 1.29 is 0 Å². The normalized spacial score (nSPS) is 40.7. The van der Waals surface area contributed by atoms with Crippen molar-refractivity contribution in [2.24, 2.45) is 0 Å². The summed E-state index contributed by atoms with van der Waals surface area (Å²) in [7, 11) is 0. The quantitative estimate of drug-likeness (QED) is 0.675. The molecule has 3 aliphatic rings. The number of nitrogens with zero attached hydrogens (tertiary/aromatic N) is 2. The van der Waals surface area contributed by atoms with Gasteiger partial charge in [-0.2, -0.15) is 0 Å². The Morgan fingerprint density at radius 2 is 1.93 bits per heavy atom. The second-order valence-corrected chi connectivity index (χ2v) is 5.43. The highest BCUT2D eigenvalue weighted by Crippen LogP contribution is 2.39. The van der Waals surface area contributed by atoms with Gasteiger partial charge in [0.15, 0.2) is 0 Å². The zero-order chi connectivity index (χ0) is 9.71. The van der Waals surface area contributed by atoms with E-state index in [-0.39, 0.29) is 0 Å². The van der Waals surface area contributed by atoms with Gasteiger partial charge in [0.1, 0.15) is 0 Å². The molecule has 3 atom stereocenters. The van der Waals surface area contributed by atoms with E-state index in [2.05, 4.69) is 23.6 Å². The van der Waals surface area contributed by atoms with E-state index >= 15 is 0 Å². The number of hydrogen-bond donors (Lipinski definition) is 0. The fourth-order valence-electron chi connectivity index (χ4n) is 3.36. The van der Waals surface area contributed by atoms with E-state index in [1.54, 1.807) is 0 Å². The third kappa shape index (κ3) is 1.31. The third-order valence-corrected chi connectivity index (χ3v) is 4.50. The van der Waals surface area contributed by atoms with Crippen LogP contribution in [0.15, 0.2) is 0 Å². The number of rotatable bonds is 3. The van der Waals surface area contributed by atoms with Gasteiger partial charge in [0.05, 0.1) is 0 Å². The molecule has 0 spiro atoms. The van der Waals surface area contributed by atoms with Crippen LogP contribution in [0, 0.1) is 0 Å². The average molecular weight is 194 g/mol. The molecule has 1 unspecified atom stereocenters. The van der Waals surface area contributed by atoms with Gasteiger partial charge in [-0.05, 0) is 32.6 Å². The summed E-state index contributed by atoms with van der Waals surface area (Å²) in [5.74, 6) is 0. The van der Waals surface area contributed by atoms with E-state index < -0.39 is 0 Å². The molecule has 80 valence electrons. The zero-order valence-corrected chi connectivity index (χ0v) is 9.45. The molecule has 0 radical (unpaired) electrons. The first-order chi connectivity index (χ1) is 6.79. The van der Waals surface area contributed by atoms with Crippen LogP contribution in [0.5, 0.6) is 0 Å². The van der Waals surface area contributed by atoms with Crippen LogP contribution < -0.4 is 0 Å². The Morgan fingerprint density at radius 1 is 1.14 bits per heavy atom. The first kappa shape index (κ1) is 9.17. The van der Waals surface area contributed by atoms with Crippen molar-refractivity contribution in [1.82, 2.24) is 9.80 Å². The highest BCUT2D eigenvalue weighted by atomic mass is 15.4. The molecule has 2 nitrogen and oxygen atoms in total. The fourth-order valence-corrected chi connectivity index (χ4v) is 3.36. The molecule has 3 fully saturated rings. The monoisotopic (exact) mass is 194 g/mol. The SMILES string of the molecule is CCC(C)N1C[C@H]2C[C@@H]1CN2C1CC1. The summed E-state index contributed by atoms with van der Waals surface area (Å²) in [5, 5.41) is 0. The number of hydrogen-bond acceptors (Lipinski definition) is 2. The molecular formula is C12H22N2. The summed E-state index contributed by atoms with van der Waals surface area (Å²) < 4.78 is 0. The highest BCUT2D eigenvalue weighted by Gasteiger charge is 2.48. The molecule has 0 aromatic rings. The van der Waals surface area contributed by atoms with Crippen LogP contribution in [0.2, 0.25) is 0 Å². The minimum absolute atomic E-state index is 0.811. The first-order valence-electron chi connectivity index (χ1n) is 6.31. The van der Waals surface area contributed by atoms with Gasteiger partial charge in [-0.3, -0.25) is 9.80 Å². The van der Waals surface area contributed by atoms with Gasteiger partial charge in [0, 0.05) is 37.3 Å². The largest absolute Gasteiger partial charge is 0.295 e. The van der Waals surface area contributed by atoms with E-state index in [1.165, 1.54) is 38.8 Å². The van der Waals surface area contributed by atoms with E-state index in [9.17, 15) is 0 Å². The van der Waals surface area contributed by atoms with Crippen LogP contribution >= 0.6 is 0 Å². The van der Waals surface area contributed by atoms with Crippen molar-refractivity contribution in [2.45, 2.75) is 63.7 Å². The van der Waals surface area contributed by atoms with Crippen LogP contribution in [0.1, 0.15) is 39.5 Å². The van der Waals surface area contributed by atoms with E-state index in [1.807, 2.05) is 0 Å². The van der Waals surface area contributed by atoms with Gasteiger partial charge < -0.3 is 0 Å².